The number of rotatable bonds is 3. The molecular formula is C6H9BO6. The average Bonchev–Trinajstić information content (AvgIpc) is 2.25. The summed E-state index contributed by atoms with van der Waals surface area (Å²) in [5.41, 5.74) is -1.15. The number of hydrogen-bond acceptors (Lipinski definition) is 6. The van der Waals surface area contributed by atoms with Gasteiger partial charge in [0.05, 0.1) is 0 Å². The summed E-state index contributed by atoms with van der Waals surface area (Å²) in [5.74, 6) is 0.0774. The zero-order valence-corrected chi connectivity index (χ0v) is 7.02. The molecule has 0 aromatic heterocycles. The van der Waals surface area contributed by atoms with Crippen LogP contribution in [0.3, 0.4) is 0 Å². The van der Waals surface area contributed by atoms with Gasteiger partial charge < -0.3 is 14.6 Å². The van der Waals surface area contributed by atoms with Crippen LogP contribution in [0.2, 0.25) is 0 Å². The number of aliphatic hydroxyl groups is 1. The molecule has 1 fully saturated rings. The number of carbonyl (C=O) groups excluding carboxylic acids is 1. The van der Waals surface area contributed by atoms with Crippen LogP contribution in [0, 0.1) is 0 Å². The molecule has 0 bridgehead atoms. The average molecular weight is 188 g/mol. The van der Waals surface area contributed by atoms with Gasteiger partial charge in [0.25, 0.3) is 7.28 Å². The highest BCUT2D eigenvalue weighted by molar-refractivity contribution is 6.42. The van der Waals surface area contributed by atoms with Crippen LogP contribution in [0.1, 0.15) is 6.92 Å². The molecule has 0 aromatic rings. The predicted molar refractivity (Wildman–Crippen MR) is 42.0 cm³/mol. The summed E-state index contributed by atoms with van der Waals surface area (Å²) in [6, 6.07) is 0. The van der Waals surface area contributed by atoms with Crippen molar-refractivity contribution in [3.63, 3.8) is 0 Å². The fourth-order valence-corrected chi connectivity index (χ4v) is 0.996. The van der Waals surface area contributed by atoms with Crippen LogP contribution in [0.5, 0.6) is 0 Å². The van der Waals surface area contributed by atoms with Crippen molar-refractivity contribution in [3.8, 4) is 0 Å². The van der Waals surface area contributed by atoms with E-state index >= 15 is 0 Å². The second-order valence-corrected chi connectivity index (χ2v) is 2.87. The minimum absolute atomic E-state index is 0.0774. The lowest BCUT2D eigenvalue weighted by Crippen LogP contribution is -2.41. The standard InChI is InChI=1S/C6H9BO6/c1-3-6(2,7-4(8)13-10)12-5(9)11-3/h4,7-8,10H,1H2,2H3. The van der Waals surface area contributed by atoms with Gasteiger partial charge in [-0.25, -0.2) is 14.9 Å². The first-order valence-corrected chi connectivity index (χ1v) is 3.56. The van der Waals surface area contributed by atoms with Gasteiger partial charge in [-0.05, 0) is 6.92 Å². The molecule has 0 radical (unpaired) electrons. The first-order chi connectivity index (χ1) is 5.98. The smallest absolute Gasteiger partial charge is 0.429 e. The second-order valence-electron chi connectivity index (χ2n) is 2.87. The Morgan fingerprint density at radius 1 is 1.77 bits per heavy atom. The van der Waals surface area contributed by atoms with Gasteiger partial charge in [-0.1, -0.05) is 6.58 Å². The predicted octanol–water partition coefficient (Wildman–Crippen LogP) is -0.415. The van der Waals surface area contributed by atoms with Gasteiger partial charge in [-0.15, -0.1) is 0 Å². The third kappa shape index (κ3) is 2.00. The van der Waals surface area contributed by atoms with E-state index in [9.17, 15) is 4.79 Å². The van der Waals surface area contributed by atoms with Crippen molar-refractivity contribution in [1.29, 1.82) is 0 Å². The van der Waals surface area contributed by atoms with E-state index in [0.29, 0.717) is 0 Å². The van der Waals surface area contributed by atoms with E-state index in [-0.39, 0.29) is 13.0 Å². The third-order valence-electron chi connectivity index (χ3n) is 1.79. The summed E-state index contributed by atoms with van der Waals surface area (Å²) in [5, 5.41) is 17.0. The highest BCUT2D eigenvalue weighted by Crippen LogP contribution is 2.28. The highest BCUT2D eigenvalue weighted by Gasteiger charge is 2.45. The van der Waals surface area contributed by atoms with Crippen LogP contribution >= 0.6 is 0 Å². The van der Waals surface area contributed by atoms with Crippen LogP contribution < -0.4 is 0 Å². The van der Waals surface area contributed by atoms with Crippen LogP contribution in [0.15, 0.2) is 12.3 Å². The van der Waals surface area contributed by atoms with Gasteiger partial charge in [0, 0.05) is 0 Å². The van der Waals surface area contributed by atoms with Crippen molar-refractivity contribution in [1.82, 2.24) is 0 Å². The van der Waals surface area contributed by atoms with E-state index in [1.807, 2.05) is 0 Å². The van der Waals surface area contributed by atoms with Crippen molar-refractivity contribution in [2.24, 2.45) is 0 Å². The van der Waals surface area contributed by atoms with Crippen molar-refractivity contribution < 1.29 is 29.5 Å². The van der Waals surface area contributed by atoms with E-state index in [4.69, 9.17) is 15.1 Å². The van der Waals surface area contributed by atoms with Gasteiger partial charge in [0.2, 0.25) is 0 Å². The van der Waals surface area contributed by atoms with Gasteiger partial charge in [-0.3, -0.25) is 0 Å². The summed E-state index contributed by atoms with van der Waals surface area (Å²) in [4.78, 5) is 14.3. The highest BCUT2D eigenvalue weighted by atomic mass is 17.1. The Morgan fingerprint density at radius 2 is 2.38 bits per heavy atom. The Labute approximate surface area is 74.9 Å². The van der Waals surface area contributed by atoms with Crippen LogP contribution in [0.25, 0.3) is 0 Å². The van der Waals surface area contributed by atoms with Crippen molar-refractivity contribution in [2.45, 2.75) is 18.6 Å². The van der Waals surface area contributed by atoms with E-state index < -0.39 is 17.8 Å². The first kappa shape index (κ1) is 10.0. The topological polar surface area (TPSA) is 85.2 Å². The monoisotopic (exact) mass is 188 g/mol. The summed E-state index contributed by atoms with van der Waals surface area (Å²) < 4.78 is 9.24. The molecule has 7 heteroatoms. The third-order valence-corrected chi connectivity index (χ3v) is 1.79. The zero-order valence-electron chi connectivity index (χ0n) is 7.02. The van der Waals surface area contributed by atoms with E-state index in [2.05, 4.69) is 16.2 Å². The lowest BCUT2D eigenvalue weighted by Gasteiger charge is -2.20. The van der Waals surface area contributed by atoms with Gasteiger partial charge in [-0.2, -0.15) is 0 Å². The van der Waals surface area contributed by atoms with Crippen molar-refractivity contribution in [3.05, 3.63) is 12.3 Å². The van der Waals surface area contributed by atoms with Gasteiger partial charge in [0.15, 0.2) is 6.19 Å². The molecule has 2 N–H and O–H groups in total. The first-order valence-electron chi connectivity index (χ1n) is 3.56. The molecule has 1 aliphatic rings. The molecule has 1 saturated heterocycles. The van der Waals surface area contributed by atoms with E-state index in [1.165, 1.54) is 6.92 Å². The molecule has 13 heavy (non-hydrogen) atoms. The summed E-state index contributed by atoms with van der Waals surface area (Å²) in [7, 11) is -0.145. The fourth-order valence-electron chi connectivity index (χ4n) is 0.996. The molecule has 1 rings (SSSR count). The largest absolute Gasteiger partial charge is 0.513 e. The number of ether oxygens (including phenoxy) is 2. The number of hydrogen-bond donors (Lipinski definition) is 2. The quantitative estimate of drug-likeness (QED) is 0.206. The Balaban J connectivity index is 2.65. The fraction of sp³-hybridized carbons (Fsp3) is 0.500. The summed E-state index contributed by atoms with van der Waals surface area (Å²) in [6.45, 7) is 4.92. The Kier molecular flexibility index (Phi) is 2.60. The molecule has 0 aliphatic carbocycles. The molecule has 0 amide bonds. The number of aliphatic hydroxyl groups excluding tert-OH is 1. The molecular weight excluding hydrogens is 179 g/mol. The minimum Gasteiger partial charge on any atom is -0.429 e. The lowest BCUT2D eigenvalue weighted by atomic mass is 9.60. The van der Waals surface area contributed by atoms with E-state index in [0.717, 1.165) is 0 Å². The SMILES string of the molecule is C=C1OC(=O)OC1(C)BC(O)OO. The van der Waals surface area contributed by atoms with Crippen molar-refractivity contribution >= 4 is 13.4 Å². The zero-order chi connectivity index (χ0) is 10.1. The van der Waals surface area contributed by atoms with E-state index in [1.54, 1.807) is 0 Å². The number of carbonyl (C=O) groups is 1. The van der Waals surface area contributed by atoms with Crippen molar-refractivity contribution in [2.75, 3.05) is 0 Å². The second kappa shape index (κ2) is 3.37. The maximum absolute atomic E-state index is 10.6. The molecule has 0 aromatic carbocycles. The molecule has 1 heterocycles. The van der Waals surface area contributed by atoms with Crippen LogP contribution in [-0.4, -0.2) is 35.5 Å². The minimum atomic E-state index is -1.45. The molecule has 2 unspecified atom stereocenters. The van der Waals surface area contributed by atoms with Crippen LogP contribution in [-0.2, 0) is 14.4 Å². The molecule has 0 spiro atoms. The number of cyclic esters (lactones) is 2. The molecule has 72 valence electrons. The molecule has 0 saturated carbocycles. The maximum atomic E-state index is 10.6. The summed E-state index contributed by atoms with van der Waals surface area (Å²) in [6.07, 6.45) is -2.33. The Hall–Kier alpha value is -1.05. The van der Waals surface area contributed by atoms with Gasteiger partial charge >= 0.3 is 6.16 Å². The lowest BCUT2D eigenvalue weighted by molar-refractivity contribution is -0.307. The molecule has 2 atom stereocenters. The van der Waals surface area contributed by atoms with Crippen LogP contribution in [0.4, 0.5) is 4.79 Å². The summed E-state index contributed by atoms with van der Waals surface area (Å²) >= 11 is 0. The molecule has 6 nitrogen and oxygen atoms in total. The Bertz CT molecular complexity index is 241. The maximum Gasteiger partial charge on any atom is 0.513 e. The molecule has 1 aliphatic heterocycles. The normalized spacial score (nSPS) is 29.5. The van der Waals surface area contributed by atoms with Gasteiger partial charge in [0.1, 0.15) is 11.3 Å². The Morgan fingerprint density at radius 3 is 2.77 bits per heavy atom.